The van der Waals surface area contributed by atoms with Crippen molar-refractivity contribution < 1.29 is 5.11 Å². The van der Waals surface area contributed by atoms with Crippen molar-refractivity contribution in [3.63, 3.8) is 0 Å². The maximum atomic E-state index is 9.75. The average molecular weight is 192 g/mol. The summed E-state index contributed by atoms with van der Waals surface area (Å²) in [7, 11) is 0. The van der Waals surface area contributed by atoms with E-state index in [1.165, 1.54) is 5.56 Å². The van der Waals surface area contributed by atoms with E-state index in [9.17, 15) is 5.11 Å². The molecule has 3 nitrogen and oxygen atoms in total. The SMILES string of the molecule is Cc1cc(C)c(C2NCCC2O)cn1. The van der Waals surface area contributed by atoms with Gasteiger partial charge in [0.15, 0.2) is 0 Å². The number of aromatic nitrogens is 1. The van der Waals surface area contributed by atoms with Gasteiger partial charge in [-0.1, -0.05) is 0 Å². The summed E-state index contributed by atoms with van der Waals surface area (Å²) >= 11 is 0. The van der Waals surface area contributed by atoms with Gasteiger partial charge in [-0.3, -0.25) is 4.98 Å². The topological polar surface area (TPSA) is 45.1 Å². The van der Waals surface area contributed by atoms with Crippen LogP contribution in [0.25, 0.3) is 0 Å². The molecule has 3 heteroatoms. The molecule has 0 spiro atoms. The van der Waals surface area contributed by atoms with Gasteiger partial charge in [0, 0.05) is 11.9 Å². The van der Waals surface area contributed by atoms with Crippen molar-refractivity contribution in [3.05, 3.63) is 29.1 Å². The normalized spacial score (nSPS) is 26.8. The summed E-state index contributed by atoms with van der Waals surface area (Å²) in [6.45, 7) is 4.94. The maximum Gasteiger partial charge on any atom is 0.0747 e. The summed E-state index contributed by atoms with van der Waals surface area (Å²) in [6, 6.07) is 2.13. The third-order valence-electron chi connectivity index (χ3n) is 2.81. The number of pyridine rings is 1. The lowest BCUT2D eigenvalue weighted by atomic mass is 10.00. The minimum atomic E-state index is -0.266. The second-order valence-electron chi connectivity index (χ2n) is 3.97. The summed E-state index contributed by atoms with van der Waals surface area (Å²) in [6.07, 6.45) is 2.44. The molecule has 2 rings (SSSR count). The summed E-state index contributed by atoms with van der Waals surface area (Å²) in [5, 5.41) is 13.0. The molecule has 1 aromatic rings. The Hall–Kier alpha value is -0.930. The van der Waals surface area contributed by atoms with Crippen LogP contribution in [-0.2, 0) is 0 Å². The Morgan fingerprint density at radius 1 is 1.50 bits per heavy atom. The molecule has 0 bridgehead atoms. The molecule has 1 aliphatic heterocycles. The third kappa shape index (κ3) is 1.65. The van der Waals surface area contributed by atoms with Gasteiger partial charge in [0.1, 0.15) is 0 Å². The van der Waals surface area contributed by atoms with Gasteiger partial charge in [-0.25, -0.2) is 0 Å². The van der Waals surface area contributed by atoms with E-state index in [4.69, 9.17) is 0 Å². The van der Waals surface area contributed by atoms with Crippen LogP contribution in [0.3, 0.4) is 0 Å². The average Bonchev–Trinajstić information content (AvgIpc) is 2.52. The Balaban J connectivity index is 2.31. The smallest absolute Gasteiger partial charge is 0.0747 e. The number of nitrogens with one attached hydrogen (secondary N) is 1. The van der Waals surface area contributed by atoms with Crippen LogP contribution >= 0.6 is 0 Å². The second kappa shape index (κ2) is 3.67. The van der Waals surface area contributed by atoms with Crippen LogP contribution in [0, 0.1) is 13.8 Å². The van der Waals surface area contributed by atoms with Crippen LogP contribution in [0.5, 0.6) is 0 Å². The molecule has 0 saturated carbocycles. The van der Waals surface area contributed by atoms with Crippen molar-refractivity contribution in [1.82, 2.24) is 10.3 Å². The number of hydrogen-bond donors (Lipinski definition) is 2. The Bertz CT molecular complexity index is 338. The molecule has 2 heterocycles. The van der Waals surface area contributed by atoms with Crippen LogP contribution in [-0.4, -0.2) is 22.7 Å². The highest BCUT2D eigenvalue weighted by molar-refractivity contribution is 5.29. The molecular formula is C11H16N2O. The van der Waals surface area contributed by atoms with E-state index in [2.05, 4.69) is 23.3 Å². The van der Waals surface area contributed by atoms with E-state index in [1.54, 1.807) is 0 Å². The second-order valence-corrected chi connectivity index (χ2v) is 3.97. The molecule has 1 aromatic heterocycles. The zero-order valence-electron chi connectivity index (χ0n) is 8.62. The zero-order chi connectivity index (χ0) is 10.1. The molecule has 0 aromatic carbocycles. The minimum Gasteiger partial charge on any atom is -0.391 e. The van der Waals surface area contributed by atoms with Crippen molar-refractivity contribution in [1.29, 1.82) is 0 Å². The van der Waals surface area contributed by atoms with E-state index in [-0.39, 0.29) is 12.1 Å². The minimum absolute atomic E-state index is 0.0723. The highest BCUT2D eigenvalue weighted by Gasteiger charge is 2.27. The highest BCUT2D eigenvalue weighted by atomic mass is 16.3. The number of aliphatic hydroxyl groups is 1. The number of aryl methyl sites for hydroxylation is 2. The van der Waals surface area contributed by atoms with Gasteiger partial charge in [-0.05, 0) is 44.0 Å². The first-order valence-electron chi connectivity index (χ1n) is 5.03. The number of rotatable bonds is 1. The fourth-order valence-electron chi connectivity index (χ4n) is 2.04. The van der Waals surface area contributed by atoms with Gasteiger partial charge < -0.3 is 10.4 Å². The van der Waals surface area contributed by atoms with Crippen LogP contribution in [0.1, 0.15) is 29.3 Å². The van der Waals surface area contributed by atoms with Gasteiger partial charge in [0.2, 0.25) is 0 Å². The molecule has 2 unspecified atom stereocenters. The van der Waals surface area contributed by atoms with Gasteiger partial charge >= 0.3 is 0 Å². The van der Waals surface area contributed by atoms with Crippen molar-refractivity contribution in [2.45, 2.75) is 32.4 Å². The van der Waals surface area contributed by atoms with E-state index in [0.29, 0.717) is 0 Å². The quantitative estimate of drug-likeness (QED) is 0.700. The van der Waals surface area contributed by atoms with E-state index >= 15 is 0 Å². The monoisotopic (exact) mass is 192 g/mol. The van der Waals surface area contributed by atoms with Gasteiger partial charge in [-0.2, -0.15) is 0 Å². The first-order chi connectivity index (χ1) is 6.68. The number of nitrogens with zero attached hydrogens (tertiary/aromatic N) is 1. The maximum absolute atomic E-state index is 9.75. The van der Waals surface area contributed by atoms with Crippen molar-refractivity contribution in [3.8, 4) is 0 Å². The Morgan fingerprint density at radius 3 is 2.86 bits per heavy atom. The molecule has 0 radical (unpaired) electrons. The van der Waals surface area contributed by atoms with Gasteiger partial charge in [0.25, 0.3) is 0 Å². The molecule has 76 valence electrons. The molecule has 0 amide bonds. The Kier molecular flexibility index (Phi) is 2.52. The molecular weight excluding hydrogens is 176 g/mol. The Labute approximate surface area is 84.2 Å². The first kappa shape index (κ1) is 9.62. The van der Waals surface area contributed by atoms with Crippen molar-refractivity contribution in [2.75, 3.05) is 6.54 Å². The summed E-state index contributed by atoms with van der Waals surface area (Å²) < 4.78 is 0. The largest absolute Gasteiger partial charge is 0.391 e. The molecule has 1 aliphatic rings. The van der Waals surface area contributed by atoms with Crippen LogP contribution in [0.4, 0.5) is 0 Å². The van der Waals surface area contributed by atoms with E-state index in [1.807, 2.05) is 13.1 Å². The lowest BCUT2D eigenvalue weighted by molar-refractivity contribution is 0.159. The third-order valence-corrected chi connectivity index (χ3v) is 2.81. The van der Waals surface area contributed by atoms with Crippen LogP contribution in [0.15, 0.2) is 12.3 Å². The predicted octanol–water partition coefficient (Wildman–Crippen LogP) is 1.09. The number of aliphatic hydroxyl groups excluding tert-OH is 1. The predicted molar refractivity (Wildman–Crippen MR) is 55.1 cm³/mol. The Morgan fingerprint density at radius 2 is 2.29 bits per heavy atom. The summed E-state index contributed by atoms with van der Waals surface area (Å²) in [5.74, 6) is 0. The van der Waals surface area contributed by atoms with Crippen LogP contribution in [0.2, 0.25) is 0 Å². The molecule has 1 fully saturated rings. The van der Waals surface area contributed by atoms with Crippen molar-refractivity contribution in [2.24, 2.45) is 0 Å². The van der Waals surface area contributed by atoms with Gasteiger partial charge in [0.05, 0.1) is 12.1 Å². The van der Waals surface area contributed by atoms with E-state index < -0.39 is 0 Å². The van der Waals surface area contributed by atoms with E-state index in [0.717, 1.165) is 24.2 Å². The molecule has 0 aliphatic carbocycles. The van der Waals surface area contributed by atoms with Crippen LogP contribution < -0.4 is 5.32 Å². The molecule has 2 atom stereocenters. The standard InChI is InChI=1S/C11H16N2O/c1-7-5-8(2)13-6-9(7)11-10(14)3-4-12-11/h5-6,10-12,14H,3-4H2,1-2H3. The van der Waals surface area contributed by atoms with Crippen molar-refractivity contribution >= 4 is 0 Å². The lowest BCUT2D eigenvalue weighted by Crippen LogP contribution is -2.22. The fraction of sp³-hybridized carbons (Fsp3) is 0.545. The molecule has 1 saturated heterocycles. The lowest BCUT2D eigenvalue weighted by Gasteiger charge is -2.17. The highest BCUT2D eigenvalue weighted by Crippen LogP contribution is 2.25. The number of hydrogen-bond acceptors (Lipinski definition) is 3. The molecule has 2 N–H and O–H groups in total. The molecule has 14 heavy (non-hydrogen) atoms. The fourth-order valence-corrected chi connectivity index (χ4v) is 2.04. The first-order valence-corrected chi connectivity index (χ1v) is 5.03. The zero-order valence-corrected chi connectivity index (χ0v) is 8.62. The van der Waals surface area contributed by atoms with Gasteiger partial charge in [-0.15, -0.1) is 0 Å². The summed E-state index contributed by atoms with van der Waals surface area (Å²) in [4.78, 5) is 4.27. The summed E-state index contributed by atoms with van der Waals surface area (Å²) in [5.41, 5.74) is 3.36.